The zero-order valence-corrected chi connectivity index (χ0v) is 23.0. The van der Waals surface area contributed by atoms with Gasteiger partial charge >= 0.3 is 0 Å². The lowest BCUT2D eigenvalue weighted by Gasteiger charge is -2.41. The zero-order chi connectivity index (χ0) is 27.6. The summed E-state index contributed by atoms with van der Waals surface area (Å²) >= 11 is 6.36. The lowest BCUT2D eigenvalue weighted by atomic mass is 9.75. The van der Waals surface area contributed by atoms with Crippen LogP contribution in [0.15, 0.2) is 59.5 Å². The Morgan fingerprint density at radius 2 is 1.82 bits per heavy atom. The van der Waals surface area contributed by atoms with Crippen LogP contribution in [-0.2, 0) is 14.8 Å². The third kappa shape index (κ3) is 5.83. The van der Waals surface area contributed by atoms with Crippen molar-refractivity contribution in [1.29, 1.82) is 0 Å². The van der Waals surface area contributed by atoms with Gasteiger partial charge in [0.25, 0.3) is 15.9 Å². The molecule has 2 aromatic carbocycles. The molecule has 1 atom stereocenters. The van der Waals surface area contributed by atoms with E-state index in [1.807, 2.05) is 6.08 Å². The summed E-state index contributed by atoms with van der Waals surface area (Å²) in [5.74, 6) is -0.682. The molecule has 39 heavy (non-hydrogen) atoms. The van der Waals surface area contributed by atoms with Crippen LogP contribution in [0, 0.1) is 17.2 Å². The molecule has 1 saturated carbocycles. The van der Waals surface area contributed by atoms with Gasteiger partial charge in [0.05, 0.1) is 22.7 Å². The molecule has 1 saturated heterocycles. The molecule has 4 aliphatic rings. The van der Waals surface area contributed by atoms with Crippen molar-refractivity contribution in [2.24, 2.45) is 11.3 Å². The minimum absolute atomic E-state index is 0.00211. The largest absolute Gasteiger partial charge is 0.353 e. The number of fused-ring (bicyclic) bond motifs is 7. The summed E-state index contributed by atoms with van der Waals surface area (Å²) in [6.07, 6.45) is 7.15. The van der Waals surface area contributed by atoms with E-state index in [4.69, 9.17) is 11.6 Å². The number of allylic oxidation sites excluding steroid dienone is 1. The number of rotatable bonds is 1. The fourth-order valence-corrected chi connectivity index (χ4v) is 7.44. The van der Waals surface area contributed by atoms with Gasteiger partial charge in [0.2, 0.25) is 5.91 Å². The number of sulfonamides is 1. The van der Waals surface area contributed by atoms with E-state index in [0.29, 0.717) is 19.5 Å². The Kier molecular flexibility index (Phi) is 7.98. The third-order valence-corrected chi connectivity index (χ3v) is 10.2. The van der Waals surface area contributed by atoms with Crippen LogP contribution < -0.4 is 20.3 Å². The van der Waals surface area contributed by atoms with Gasteiger partial charge in [-0.1, -0.05) is 23.8 Å². The van der Waals surface area contributed by atoms with E-state index < -0.39 is 27.2 Å². The van der Waals surface area contributed by atoms with Crippen LogP contribution in [0.2, 0.25) is 5.02 Å². The normalized spacial score (nSPS) is 28.4. The summed E-state index contributed by atoms with van der Waals surface area (Å²) in [5.41, 5.74) is -0.214. The quantitative estimate of drug-likeness (QED) is 0.451. The average Bonchev–Trinajstić information content (AvgIpc) is 2.90. The van der Waals surface area contributed by atoms with Crippen molar-refractivity contribution in [2.45, 2.75) is 43.0 Å². The first-order chi connectivity index (χ1) is 18.7. The van der Waals surface area contributed by atoms with Gasteiger partial charge in [-0.25, -0.2) is 12.8 Å². The number of nitrogens with one attached hydrogen (secondary N) is 3. The van der Waals surface area contributed by atoms with Gasteiger partial charge in [0.15, 0.2) is 0 Å². The molecule has 3 N–H and O–H groups in total. The summed E-state index contributed by atoms with van der Waals surface area (Å²) in [6, 6.07) is 9.36. The van der Waals surface area contributed by atoms with Crippen molar-refractivity contribution in [3.05, 3.63) is 71.0 Å². The molecule has 208 valence electrons. The molecule has 11 heteroatoms. The fraction of sp³-hybridized carbons (Fsp3) is 0.429. The molecular weight excluding hydrogens is 543 g/mol. The van der Waals surface area contributed by atoms with Crippen molar-refractivity contribution in [3.63, 3.8) is 0 Å². The number of amides is 2. The minimum atomic E-state index is -4.25. The molecule has 1 spiro atoms. The molecular formula is C28H32ClFN4O4S. The molecule has 0 radical (unpaired) electrons. The number of piperidine rings is 1. The van der Waals surface area contributed by atoms with E-state index in [-0.39, 0.29) is 45.6 Å². The molecule has 8 nitrogen and oxygen atoms in total. The van der Waals surface area contributed by atoms with Gasteiger partial charge in [-0.15, -0.1) is 0 Å². The summed E-state index contributed by atoms with van der Waals surface area (Å²) in [5, 5.41) is 9.40. The Balaban J connectivity index is 1.53. The Morgan fingerprint density at radius 1 is 1.05 bits per heavy atom. The summed E-state index contributed by atoms with van der Waals surface area (Å²) in [6.45, 7) is 1.74. The summed E-state index contributed by atoms with van der Waals surface area (Å²) < 4.78 is 42.6. The second kappa shape index (κ2) is 11.3. The van der Waals surface area contributed by atoms with Gasteiger partial charge in [-0.3, -0.25) is 13.9 Å². The highest BCUT2D eigenvalue weighted by atomic mass is 35.5. The summed E-state index contributed by atoms with van der Waals surface area (Å²) in [7, 11) is -4.25. The molecule has 3 aliphatic heterocycles. The predicted molar refractivity (Wildman–Crippen MR) is 148 cm³/mol. The third-order valence-electron chi connectivity index (χ3n) is 7.90. The van der Waals surface area contributed by atoms with E-state index in [2.05, 4.69) is 16.0 Å². The van der Waals surface area contributed by atoms with Gasteiger partial charge in [-0.2, -0.15) is 0 Å². The lowest BCUT2D eigenvalue weighted by molar-refractivity contribution is -0.133. The first-order valence-corrected chi connectivity index (χ1v) is 15.0. The maximum atomic E-state index is 13.9. The van der Waals surface area contributed by atoms with E-state index in [0.717, 1.165) is 36.5 Å². The standard InChI is InChI=1S/C28H32ClFN4O4S/c29-24-9-4-20-16-25(24)39(37,38)34(23-7-5-21(30)6-8-23)13-2-1-10-28(11-3-12-31-18-28)27(36)33-22-14-19(15-22)17-32-26(20)35/h1-2,4-9,16,19,22,31H,3,10-15,17-18H2,(H,32,35)(H,33,36)/b2-1-. The molecule has 6 rings (SSSR count). The Labute approximate surface area is 233 Å². The van der Waals surface area contributed by atoms with Crippen LogP contribution in [0.4, 0.5) is 10.1 Å². The first kappa shape index (κ1) is 27.6. The highest BCUT2D eigenvalue weighted by Gasteiger charge is 2.41. The van der Waals surface area contributed by atoms with E-state index in [1.54, 1.807) is 6.08 Å². The number of nitrogens with zero attached hydrogens (tertiary/aromatic N) is 1. The number of carbonyl (C=O) groups is 2. The van der Waals surface area contributed by atoms with Gasteiger partial charge in [0, 0.05) is 24.7 Å². The molecule has 2 amide bonds. The number of hydrogen-bond donors (Lipinski definition) is 3. The molecule has 0 aromatic heterocycles. The smallest absolute Gasteiger partial charge is 0.266 e. The second-order valence-corrected chi connectivity index (χ2v) is 12.8. The van der Waals surface area contributed by atoms with Crippen molar-refractivity contribution < 1.29 is 22.4 Å². The molecule has 1 aliphatic carbocycles. The van der Waals surface area contributed by atoms with Crippen LogP contribution in [0.3, 0.4) is 0 Å². The second-order valence-electron chi connectivity index (χ2n) is 10.6. The van der Waals surface area contributed by atoms with Crippen molar-refractivity contribution in [3.8, 4) is 0 Å². The van der Waals surface area contributed by atoms with Gasteiger partial charge < -0.3 is 16.0 Å². The molecule has 4 bridgehead atoms. The summed E-state index contributed by atoms with van der Waals surface area (Å²) in [4.78, 5) is 26.1. The highest BCUT2D eigenvalue weighted by Crippen LogP contribution is 2.35. The molecule has 3 heterocycles. The van der Waals surface area contributed by atoms with Crippen LogP contribution in [0.5, 0.6) is 0 Å². The van der Waals surface area contributed by atoms with Gasteiger partial charge in [-0.05, 0) is 87.0 Å². The predicted octanol–water partition coefficient (Wildman–Crippen LogP) is 3.63. The van der Waals surface area contributed by atoms with Crippen molar-refractivity contribution >= 4 is 39.1 Å². The minimum Gasteiger partial charge on any atom is -0.353 e. The number of carbonyl (C=O) groups excluding carboxylic acids is 2. The number of benzene rings is 2. The first-order valence-electron chi connectivity index (χ1n) is 13.2. The maximum Gasteiger partial charge on any atom is 0.266 e. The molecule has 2 aromatic rings. The molecule has 1 unspecified atom stereocenters. The number of halogens is 2. The van der Waals surface area contributed by atoms with Gasteiger partial charge in [0.1, 0.15) is 10.7 Å². The van der Waals surface area contributed by atoms with Crippen LogP contribution in [0.1, 0.15) is 42.5 Å². The van der Waals surface area contributed by atoms with E-state index in [1.165, 1.54) is 42.5 Å². The van der Waals surface area contributed by atoms with Crippen LogP contribution in [-0.4, -0.2) is 52.5 Å². The van der Waals surface area contributed by atoms with E-state index in [9.17, 15) is 22.4 Å². The van der Waals surface area contributed by atoms with Crippen molar-refractivity contribution in [1.82, 2.24) is 16.0 Å². The van der Waals surface area contributed by atoms with Crippen LogP contribution in [0.25, 0.3) is 0 Å². The monoisotopic (exact) mass is 574 g/mol. The molecule has 2 fully saturated rings. The average molecular weight is 575 g/mol. The topological polar surface area (TPSA) is 108 Å². The number of anilines is 1. The Hall–Kier alpha value is -2.95. The van der Waals surface area contributed by atoms with E-state index >= 15 is 0 Å². The lowest BCUT2D eigenvalue weighted by Crippen LogP contribution is -2.55. The number of hydrogen-bond acceptors (Lipinski definition) is 5. The Bertz CT molecular complexity index is 1370. The highest BCUT2D eigenvalue weighted by molar-refractivity contribution is 7.93. The van der Waals surface area contributed by atoms with Crippen LogP contribution >= 0.6 is 11.6 Å². The maximum absolute atomic E-state index is 13.9. The van der Waals surface area contributed by atoms with Crippen molar-refractivity contribution in [2.75, 3.05) is 30.5 Å². The SMILES string of the molecule is O=C1NCC2CC(C2)NC(=O)C2(C/C=C\CN(c3ccc(F)cc3)S(=O)(=O)c3cc1ccc3Cl)CCCNC2. The fourth-order valence-electron chi connectivity index (χ4n) is 5.52. The Morgan fingerprint density at radius 3 is 2.54 bits per heavy atom. The zero-order valence-electron chi connectivity index (χ0n) is 21.5.